The van der Waals surface area contributed by atoms with Crippen LogP contribution in [0.5, 0.6) is 0 Å². The summed E-state index contributed by atoms with van der Waals surface area (Å²) < 4.78 is 5.25. The Morgan fingerprint density at radius 1 is 1.32 bits per heavy atom. The lowest BCUT2D eigenvalue weighted by Crippen LogP contribution is -2.51. The maximum absolute atomic E-state index is 12.9. The number of nitrogens with zero attached hydrogens (tertiary/aromatic N) is 1. The van der Waals surface area contributed by atoms with Gasteiger partial charge in [0.2, 0.25) is 5.91 Å². The lowest BCUT2D eigenvalue weighted by Gasteiger charge is -2.28. The molecule has 7 nitrogen and oxygen atoms in total. The number of alkyl carbamates (subject to hydrolysis) is 1. The van der Waals surface area contributed by atoms with Gasteiger partial charge in [-0.25, -0.2) is 4.79 Å². The largest absolute Gasteiger partial charge is 0.480 e. The molecule has 0 spiro atoms. The summed E-state index contributed by atoms with van der Waals surface area (Å²) in [5.74, 6) is -1.84. The van der Waals surface area contributed by atoms with E-state index in [9.17, 15) is 14.4 Å². The van der Waals surface area contributed by atoms with Crippen LogP contribution in [0, 0.1) is 0 Å². The highest BCUT2D eigenvalue weighted by Gasteiger charge is 2.37. The van der Waals surface area contributed by atoms with Crippen LogP contribution in [0.3, 0.4) is 0 Å². The SMILES string of the molecule is C[C@@H]1c2ccccc2CN(CC(=O)O)C(=O)[C@H]1NC(=O)OC(C)(C)C. The zero-order valence-electron chi connectivity index (χ0n) is 14.9. The second kappa shape index (κ2) is 7.13. The van der Waals surface area contributed by atoms with E-state index in [-0.39, 0.29) is 12.5 Å². The van der Waals surface area contributed by atoms with E-state index in [1.165, 1.54) is 4.90 Å². The molecule has 0 bridgehead atoms. The van der Waals surface area contributed by atoms with Crippen molar-refractivity contribution in [3.05, 3.63) is 35.4 Å². The van der Waals surface area contributed by atoms with Crippen LogP contribution in [-0.4, -0.2) is 46.2 Å². The summed E-state index contributed by atoms with van der Waals surface area (Å²) in [6, 6.07) is 6.57. The molecule has 0 saturated carbocycles. The molecule has 1 aliphatic rings. The van der Waals surface area contributed by atoms with E-state index in [1.807, 2.05) is 31.2 Å². The number of hydrogen-bond acceptors (Lipinski definition) is 4. The van der Waals surface area contributed by atoms with E-state index in [0.29, 0.717) is 0 Å². The van der Waals surface area contributed by atoms with Gasteiger partial charge in [-0.3, -0.25) is 9.59 Å². The summed E-state index contributed by atoms with van der Waals surface area (Å²) in [6.07, 6.45) is -0.702. The third-order valence-electron chi connectivity index (χ3n) is 3.98. The zero-order chi connectivity index (χ0) is 18.8. The zero-order valence-corrected chi connectivity index (χ0v) is 14.9. The minimum absolute atomic E-state index is 0.193. The first kappa shape index (κ1) is 18.8. The molecule has 7 heteroatoms. The number of carboxylic acid groups (broad SMARTS) is 1. The second-order valence-corrected chi connectivity index (χ2v) is 7.20. The lowest BCUT2D eigenvalue weighted by atomic mass is 9.91. The van der Waals surface area contributed by atoms with Crippen molar-refractivity contribution in [1.82, 2.24) is 10.2 Å². The average Bonchev–Trinajstić information content (AvgIpc) is 2.57. The standard InChI is InChI=1S/C18H24N2O5/c1-11-13-8-6-5-7-12(13)9-20(10-14(21)22)16(23)15(11)19-17(24)25-18(2,3)4/h5-8,11,15H,9-10H2,1-4H3,(H,19,24)(H,21,22)/t11-,15+/m1/s1. The molecular weight excluding hydrogens is 324 g/mol. The fraction of sp³-hybridized carbons (Fsp3) is 0.500. The first-order chi connectivity index (χ1) is 11.6. The van der Waals surface area contributed by atoms with E-state index >= 15 is 0 Å². The number of carbonyl (C=O) groups excluding carboxylic acids is 2. The highest BCUT2D eigenvalue weighted by Crippen LogP contribution is 2.29. The van der Waals surface area contributed by atoms with Crippen LogP contribution >= 0.6 is 0 Å². The Morgan fingerprint density at radius 2 is 1.96 bits per heavy atom. The number of fused-ring (bicyclic) bond motifs is 1. The van der Waals surface area contributed by atoms with Crippen molar-refractivity contribution >= 4 is 18.0 Å². The molecule has 1 heterocycles. The second-order valence-electron chi connectivity index (χ2n) is 7.20. The monoisotopic (exact) mass is 348 g/mol. The quantitative estimate of drug-likeness (QED) is 0.872. The molecule has 2 rings (SSSR count). The molecule has 2 atom stereocenters. The highest BCUT2D eigenvalue weighted by atomic mass is 16.6. The molecule has 136 valence electrons. The van der Waals surface area contributed by atoms with Crippen LogP contribution in [0.2, 0.25) is 0 Å². The number of nitrogens with one attached hydrogen (secondary N) is 1. The van der Waals surface area contributed by atoms with E-state index in [2.05, 4.69) is 5.32 Å². The van der Waals surface area contributed by atoms with Gasteiger partial charge in [0.15, 0.2) is 0 Å². The number of ether oxygens (including phenoxy) is 1. The third-order valence-corrected chi connectivity index (χ3v) is 3.98. The van der Waals surface area contributed by atoms with Gasteiger partial charge in [-0.05, 0) is 31.9 Å². The Labute approximate surface area is 147 Å². The molecule has 0 fully saturated rings. The Morgan fingerprint density at radius 3 is 2.56 bits per heavy atom. The van der Waals surface area contributed by atoms with Gasteiger partial charge in [0.05, 0.1) is 0 Å². The molecular formula is C18H24N2O5. The van der Waals surface area contributed by atoms with Gasteiger partial charge in [0.25, 0.3) is 0 Å². The van der Waals surface area contributed by atoms with E-state index in [4.69, 9.17) is 9.84 Å². The average molecular weight is 348 g/mol. The number of amides is 2. The molecule has 0 aliphatic carbocycles. The van der Waals surface area contributed by atoms with Gasteiger partial charge in [0.1, 0.15) is 18.2 Å². The van der Waals surface area contributed by atoms with Gasteiger partial charge in [-0.15, -0.1) is 0 Å². The van der Waals surface area contributed by atoms with Crippen LogP contribution in [0.1, 0.15) is 44.7 Å². The van der Waals surface area contributed by atoms with Crippen molar-refractivity contribution < 1.29 is 24.2 Å². The number of benzene rings is 1. The summed E-state index contributed by atoms with van der Waals surface area (Å²) in [4.78, 5) is 37.4. The van der Waals surface area contributed by atoms with Crippen molar-refractivity contribution in [1.29, 1.82) is 0 Å². The normalized spacial score (nSPS) is 20.5. The Kier molecular flexibility index (Phi) is 5.35. The van der Waals surface area contributed by atoms with Gasteiger partial charge in [-0.1, -0.05) is 31.2 Å². The minimum atomic E-state index is -1.10. The van der Waals surface area contributed by atoms with Gasteiger partial charge in [-0.2, -0.15) is 0 Å². The minimum Gasteiger partial charge on any atom is -0.480 e. The molecule has 0 unspecified atom stereocenters. The third kappa shape index (κ3) is 4.71. The Hall–Kier alpha value is -2.57. The predicted molar refractivity (Wildman–Crippen MR) is 91.1 cm³/mol. The lowest BCUT2D eigenvalue weighted by molar-refractivity contribution is -0.145. The molecule has 2 N–H and O–H groups in total. The van der Waals surface area contributed by atoms with Gasteiger partial charge >= 0.3 is 12.1 Å². The number of carbonyl (C=O) groups is 3. The fourth-order valence-electron chi connectivity index (χ4n) is 2.91. The summed E-state index contributed by atoms with van der Waals surface area (Å²) in [5.41, 5.74) is 1.09. The molecule has 0 saturated heterocycles. The smallest absolute Gasteiger partial charge is 0.408 e. The van der Waals surface area contributed by atoms with Gasteiger partial charge in [0, 0.05) is 12.5 Å². The van der Waals surface area contributed by atoms with Crippen molar-refractivity contribution in [2.24, 2.45) is 0 Å². The molecule has 0 aromatic heterocycles. The number of aliphatic carboxylic acids is 1. The summed E-state index contributed by atoms with van der Waals surface area (Å²) in [5, 5.41) is 11.7. The molecule has 1 aliphatic heterocycles. The van der Waals surface area contributed by atoms with Crippen molar-refractivity contribution in [3.63, 3.8) is 0 Å². The van der Waals surface area contributed by atoms with E-state index in [1.54, 1.807) is 20.8 Å². The summed E-state index contributed by atoms with van der Waals surface area (Å²) >= 11 is 0. The van der Waals surface area contributed by atoms with Crippen molar-refractivity contribution in [3.8, 4) is 0 Å². The van der Waals surface area contributed by atoms with Crippen molar-refractivity contribution in [2.75, 3.05) is 6.54 Å². The van der Waals surface area contributed by atoms with Crippen LogP contribution in [0.15, 0.2) is 24.3 Å². The highest BCUT2D eigenvalue weighted by molar-refractivity contribution is 5.89. The van der Waals surface area contributed by atoms with Crippen molar-refractivity contribution in [2.45, 2.75) is 51.8 Å². The van der Waals surface area contributed by atoms with Crippen LogP contribution < -0.4 is 5.32 Å². The maximum Gasteiger partial charge on any atom is 0.408 e. The van der Waals surface area contributed by atoms with Crippen LogP contribution in [0.4, 0.5) is 4.79 Å². The molecule has 1 aromatic rings. The van der Waals surface area contributed by atoms with Crippen LogP contribution in [-0.2, 0) is 20.9 Å². The molecule has 25 heavy (non-hydrogen) atoms. The maximum atomic E-state index is 12.9. The van der Waals surface area contributed by atoms with Crippen LogP contribution in [0.25, 0.3) is 0 Å². The van der Waals surface area contributed by atoms with E-state index < -0.39 is 36.2 Å². The van der Waals surface area contributed by atoms with Gasteiger partial charge < -0.3 is 20.1 Å². The first-order valence-electron chi connectivity index (χ1n) is 8.16. The van der Waals surface area contributed by atoms with E-state index in [0.717, 1.165) is 11.1 Å². The summed E-state index contributed by atoms with van der Waals surface area (Å²) in [6.45, 7) is 6.80. The number of hydrogen-bond donors (Lipinski definition) is 2. The Bertz CT molecular complexity index is 680. The molecule has 2 amide bonds. The molecule has 1 aromatic carbocycles. The Balaban J connectivity index is 2.33. The fourth-order valence-corrected chi connectivity index (χ4v) is 2.91. The predicted octanol–water partition coefficient (Wildman–Crippen LogP) is 2.11. The number of rotatable bonds is 3. The first-order valence-corrected chi connectivity index (χ1v) is 8.16. The summed E-state index contributed by atoms with van der Waals surface area (Å²) in [7, 11) is 0. The number of carboxylic acids is 1. The topological polar surface area (TPSA) is 95.9 Å². The molecule has 0 radical (unpaired) electrons.